The largest absolute Gasteiger partial charge is 0.466 e. The van der Waals surface area contributed by atoms with E-state index in [1.54, 1.807) is 40.7 Å². The monoisotopic (exact) mass is 555 g/mol. The number of hydrogen-bond donors (Lipinski definition) is 4. The highest BCUT2D eigenvalue weighted by molar-refractivity contribution is 5.97. The van der Waals surface area contributed by atoms with Gasteiger partial charge >= 0.3 is 11.9 Å². The summed E-state index contributed by atoms with van der Waals surface area (Å²) in [6.07, 6.45) is 1.23. The Balaban J connectivity index is 1.65. The SMILES string of the molecule is CCOC(=O)CC[C@@H](NC(=O)c1coc(C#CN2C=Nc3[nH]c(NC(=O)C(C)(C)C)cc3C2O)c1)C(=O)OCC. The van der Waals surface area contributed by atoms with E-state index in [2.05, 4.69) is 32.6 Å². The van der Waals surface area contributed by atoms with E-state index in [-0.39, 0.29) is 43.3 Å². The zero-order valence-corrected chi connectivity index (χ0v) is 23.0. The van der Waals surface area contributed by atoms with Gasteiger partial charge in [-0.15, -0.1) is 0 Å². The highest BCUT2D eigenvalue weighted by atomic mass is 16.5. The molecule has 0 saturated heterocycles. The van der Waals surface area contributed by atoms with Crippen molar-refractivity contribution in [2.24, 2.45) is 10.4 Å². The molecule has 4 N–H and O–H groups in total. The molecule has 3 rings (SSSR count). The number of furan rings is 1. The lowest BCUT2D eigenvalue weighted by Crippen LogP contribution is -2.42. The summed E-state index contributed by atoms with van der Waals surface area (Å²) in [4.78, 5) is 57.4. The smallest absolute Gasteiger partial charge is 0.328 e. The van der Waals surface area contributed by atoms with Crippen LogP contribution in [0.2, 0.25) is 0 Å². The molecule has 1 aliphatic rings. The maximum atomic E-state index is 12.7. The van der Waals surface area contributed by atoms with Crippen LogP contribution < -0.4 is 10.6 Å². The Hall–Kier alpha value is -4.57. The first-order valence-corrected chi connectivity index (χ1v) is 12.7. The topological polar surface area (TPSA) is 176 Å². The number of H-pyrrole nitrogens is 1. The molecule has 1 aliphatic heterocycles. The van der Waals surface area contributed by atoms with E-state index in [1.165, 1.54) is 23.6 Å². The number of aliphatic hydroxyl groups excluding tert-OH is 1. The third-order valence-corrected chi connectivity index (χ3v) is 5.60. The minimum atomic E-state index is -1.18. The summed E-state index contributed by atoms with van der Waals surface area (Å²) >= 11 is 0. The quantitative estimate of drug-likeness (QED) is 0.268. The fourth-order valence-electron chi connectivity index (χ4n) is 3.43. The number of aliphatic hydroxyl groups is 1. The van der Waals surface area contributed by atoms with Gasteiger partial charge in [0.25, 0.3) is 5.91 Å². The van der Waals surface area contributed by atoms with Crippen LogP contribution >= 0.6 is 0 Å². The minimum Gasteiger partial charge on any atom is -0.466 e. The van der Waals surface area contributed by atoms with Gasteiger partial charge in [-0.2, -0.15) is 0 Å². The van der Waals surface area contributed by atoms with Gasteiger partial charge in [-0.3, -0.25) is 19.3 Å². The Kier molecular flexibility index (Phi) is 9.73. The minimum absolute atomic E-state index is 0.00282. The summed E-state index contributed by atoms with van der Waals surface area (Å²) in [6, 6.07) is 4.59. The van der Waals surface area contributed by atoms with Crippen LogP contribution in [0.3, 0.4) is 0 Å². The molecule has 0 spiro atoms. The van der Waals surface area contributed by atoms with Gasteiger partial charge in [0.2, 0.25) is 5.91 Å². The lowest BCUT2D eigenvalue weighted by Gasteiger charge is -2.22. The van der Waals surface area contributed by atoms with Crippen LogP contribution in [-0.2, 0) is 23.9 Å². The molecule has 0 bridgehead atoms. The molecule has 0 fully saturated rings. The van der Waals surface area contributed by atoms with E-state index in [0.29, 0.717) is 17.2 Å². The van der Waals surface area contributed by atoms with Crippen LogP contribution in [0.1, 0.15) is 75.4 Å². The molecule has 0 aliphatic carbocycles. The number of esters is 2. The van der Waals surface area contributed by atoms with Crippen LogP contribution in [0.5, 0.6) is 0 Å². The molecular weight excluding hydrogens is 522 g/mol. The number of aromatic nitrogens is 1. The number of fused-ring (bicyclic) bond motifs is 1. The van der Waals surface area contributed by atoms with Crippen molar-refractivity contribution < 1.29 is 38.2 Å². The Bertz CT molecular complexity index is 1340. The number of ether oxygens (including phenoxy) is 2. The maximum absolute atomic E-state index is 12.7. The molecule has 2 atom stereocenters. The molecule has 2 aromatic rings. The number of aromatic amines is 1. The van der Waals surface area contributed by atoms with E-state index in [4.69, 9.17) is 13.9 Å². The van der Waals surface area contributed by atoms with Gasteiger partial charge in [-0.05, 0) is 32.3 Å². The molecule has 1 unspecified atom stereocenters. The second kappa shape index (κ2) is 13.0. The Morgan fingerprint density at radius 1 is 1.20 bits per heavy atom. The van der Waals surface area contributed by atoms with Crippen molar-refractivity contribution in [1.29, 1.82) is 0 Å². The fraction of sp³-hybridized carbons (Fsp3) is 0.444. The Morgan fingerprint density at radius 2 is 1.93 bits per heavy atom. The average molecular weight is 556 g/mol. The predicted molar refractivity (Wildman–Crippen MR) is 143 cm³/mol. The Labute approximate surface area is 231 Å². The van der Waals surface area contributed by atoms with Crippen LogP contribution in [-0.4, -0.2) is 64.3 Å². The second-order valence-electron chi connectivity index (χ2n) is 9.77. The Morgan fingerprint density at radius 3 is 2.60 bits per heavy atom. The molecule has 13 nitrogen and oxygen atoms in total. The van der Waals surface area contributed by atoms with Gasteiger partial charge < -0.3 is 34.6 Å². The van der Waals surface area contributed by atoms with E-state index in [0.717, 1.165) is 0 Å². The first kappa shape index (κ1) is 30.0. The van der Waals surface area contributed by atoms with Gasteiger partial charge in [-0.25, -0.2) is 9.79 Å². The molecular formula is C27H33N5O8. The number of carbonyl (C=O) groups excluding carboxylic acids is 4. The van der Waals surface area contributed by atoms with Gasteiger partial charge in [0.05, 0.1) is 18.8 Å². The molecule has 0 aromatic carbocycles. The van der Waals surface area contributed by atoms with Gasteiger partial charge in [0.1, 0.15) is 30.3 Å². The number of anilines is 1. The summed E-state index contributed by atoms with van der Waals surface area (Å²) in [6.45, 7) is 8.96. The van der Waals surface area contributed by atoms with Crippen molar-refractivity contribution in [1.82, 2.24) is 15.2 Å². The van der Waals surface area contributed by atoms with Crippen LogP contribution in [0, 0.1) is 17.4 Å². The number of aliphatic imine (C=N–C) groups is 1. The van der Waals surface area contributed by atoms with Crippen LogP contribution in [0.25, 0.3) is 0 Å². The maximum Gasteiger partial charge on any atom is 0.328 e. The third-order valence-electron chi connectivity index (χ3n) is 5.60. The average Bonchev–Trinajstić information content (AvgIpc) is 3.53. The zero-order chi connectivity index (χ0) is 29.4. The number of hydrogen-bond acceptors (Lipinski definition) is 10. The van der Waals surface area contributed by atoms with Crippen LogP contribution in [0.15, 0.2) is 27.8 Å². The highest BCUT2D eigenvalue weighted by Gasteiger charge is 2.27. The van der Waals surface area contributed by atoms with Crippen molar-refractivity contribution in [3.8, 4) is 12.0 Å². The number of amides is 2. The summed E-state index contributed by atoms with van der Waals surface area (Å²) in [5, 5.41) is 16.0. The van der Waals surface area contributed by atoms with Crippen LogP contribution in [0.4, 0.5) is 11.6 Å². The summed E-state index contributed by atoms with van der Waals surface area (Å²) < 4.78 is 15.2. The second-order valence-corrected chi connectivity index (χ2v) is 9.77. The van der Waals surface area contributed by atoms with E-state index >= 15 is 0 Å². The lowest BCUT2D eigenvalue weighted by molar-refractivity contribution is -0.146. The van der Waals surface area contributed by atoms with E-state index < -0.39 is 35.5 Å². The van der Waals surface area contributed by atoms with Crippen molar-refractivity contribution in [2.45, 2.75) is 59.7 Å². The summed E-state index contributed by atoms with van der Waals surface area (Å²) in [5.41, 5.74) is -0.102. The van der Waals surface area contributed by atoms with Crippen molar-refractivity contribution in [2.75, 3.05) is 18.5 Å². The normalized spacial score (nSPS) is 14.8. The molecule has 40 heavy (non-hydrogen) atoms. The fourth-order valence-corrected chi connectivity index (χ4v) is 3.43. The first-order valence-electron chi connectivity index (χ1n) is 12.7. The summed E-state index contributed by atoms with van der Waals surface area (Å²) in [7, 11) is 0. The van der Waals surface area contributed by atoms with Gasteiger partial charge in [-0.1, -0.05) is 20.8 Å². The van der Waals surface area contributed by atoms with Crippen molar-refractivity contribution in [3.05, 3.63) is 35.3 Å². The highest BCUT2D eigenvalue weighted by Crippen LogP contribution is 2.33. The number of carbonyl (C=O) groups is 4. The summed E-state index contributed by atoms with van der Waals surface area (Å²) in [5.74, 6) is 1.60. The van der Waals surface area contributed by atoms with E-state index in [1.807, 2.05) is 0 Å². The van der Waals surface area contributed by atoms with Gasteiger partial charge in [0.15, 0.2) is 12.0 Å². The van der Waals surface area contributed by atoms with Crippen molar-refractivity contribution >= 4 is 41.7 Å². The third kappa shape index (κ3) is 7.73. The number of rotatable bonds is 9. The molecule has 13 heteroatoms. The number of nitrogens with one attached hydrogen (secondary N) is 3. The van der Waals surface area contributed by atoms with E-state index in [9.17, 15) is 24.3 Å². The molecule has 2 amide bonds. The molecule has 2 aromatic heterocycles. The predicted octanol–water partition coefficient (Wildman–Crippen LogP) is 2.57. The molecule has 0 saturated carbocycles. The molecule has 3 heterocycles. The molecule has 0 radical (unpaired) electrons. The number of nitrogens with zero attached hydrogens (tertiary/aromatic N) is 2. The standard InChI is InChI=1S/C27H33N5O8/c1-6-38-21(33)9-8-19(25(36)39-7-2)29-23(34)16-12-17(40-14-16)10-11-32-15-28-22-18(24(32)35)13-20(30-22)31-26(37)27(3,4)5/h12-15,19,24,30,35H,6-9H2,1-5H3,(H,29,34)(H,31,37)/t19-,24?/m1/s1. The lowest BCUT2D eigenvalue weighted by atomic mass is 9.96. The zero-order valence-electron chi connectivity index (χ0n) is 23.0. The van der Waals surface area contributed by atoms with Gasteiger partial charge in [0, 0.05) is 29.5 Å². The molecule has 214 valence electrons. The first-order chi connectivity index (χ1) is 18.9. The van der Waals surface area contributed by atoms with Crippen molar-refractivity contribution in [3.63, 3.8) is 0 Å².